The fourth-order valence-corrected chi connectivity index (χ4v) is 4.86. The largest absolute Gasteiger partial charge is 0.350 e. The molecule has 1 amide bonds. The zero-order valence-corrected chi connectivity index (χ0v) is 18.2. The third-order valence-corrected chi connectivity index (χ3v) is 6.45. The van der Waals surface area contributed by atoms with Gasteiger partial charge < -0.3 is 5.32 Å². The number of hydrogen-bond donors (Lipinski definition) is 1. The van der Waals surface area contributed by atoms with Gasteiger partial charge in [0.2, 0.25) is 0 Å². The molecule has 0 fully saturated rings. The normalized spacial score (nSPS) is 13.0. The van der Waals surface area contributed by atoms with E-state index in [1.807, 2.05) is 57.7 Å². The van der Waals surface area contributed by atoms with Crippen LogP contribution in [-0.4, -0.2) is 36.8 Å². The number of carbonyl (C=O) groups is 1. The van der Waals surface area contributed by atoms with Crippen molar-refractivity contribution in [3.8, 4) is 0 Å². The molecule has 0 spiro atoms. The van der Waals surface area contributed by atoms with Crippen molar-refractivity contribution in [2.24, 2.45) is 0 Å². The Bertz CT molecular complexity index is 1480. The Morgan fingerprint density at radius 2 is 1.88 bits per heavy atom. The highest BCUT2D eigenvalue weighted by molar-refractivity contribution is 6.04. The second-order valence-electron chi connectivity index (χ2n) is 8.48. The van der Waals surface area contributed by atoms with Gasteiger partial charge in [-0.05, 0) is 54.2 Å². The number of nitrogens with zero attached hydrogens (tertiary/aromatic N) is 5. The van der Waals surface area contributed by atoms with E-state index in [1.54, 1.807) is 0 Å². The van der Waals surface area contributed by atoms with Gasteiger partial charge in [-0.1, -0.05) is 42.5 Å². The third kappa shape index (κ3) is 3.55. The monoisotopic (exact) mass is 436 g/mol. The molecule has 7 heteroatoms. The van der Waals surface area contributed by atoms with Crippen LogP contribution in [0.3, 0.4) is 0 Å². The van der Waals surface area contributed by atoms with Gasteiger partial charge >= 0.3 is 0 Å². The number of hydrogen-bond acceptors (Lipinski definition) is 4. The number of carbonyl (C=O) groups excluding carboxylic acids is 1. The van der Waals surface area contributed by atoms with Crippen molar-refractivity contribution in [3.63, 3.8) is 0 Å². The van der Waals surface area contributed by atoms with Gasteiger partial charge in [-0.2, -0.15) is 5.10 Å². The molecular weight excluding hydrogens is 412 g/mol. The summed E-state index contributed by atoms with van der Waals surface area (Å²) in [5.41, 5.74) is 6.43. The highest BCUT2D eigenvalue weighted by Gasteiger charge is 2.19. The Hall–Kier alpha value is -4.00. The molecule has 3 heterocycles. The summed E-state index contributed by atoms with van der Waals surface area (Å²) < 4.78 is 3.90. The first-order valence-corrected chi connectivity index (χ1v) is 11.4. The summed E-state index contributed by atoms with van der Waals surface area (Å²) in [4.78, 5) is 13.1. The smallest absolute Gasteiger partial charge is 0.272 e. The van der Waals surface area contributed by atoms with Gasteiger partial charge in [-0.15, -0.1) is 10.2 Å². The minimum absolute atomic E-state index is 0.169. The molecule has 0 unspecified atom stereocenters. The first-order chi connectivity index (χ1) is 16.3. The molecule has 0 bridgehead atoms. The van der Waals surface area contributed by atoms with Crippen molar-refractivity contribution in [2.75, 3.05) is 6.54 Å². The summed E-state index contributed by atoms with van der Waals surface area (Å²) in [6.45, 7) is 1.13. The predicted octanol–water partition coefficient (Wildman–Crippen LogP) is 3.59. The van der Waals surface area contributed by atoms with Crippen LogP contribution in [0.4, 0.5) is 0 Å². The van der Waals surface area contributed by atoms with E-state index in [0.29, 0.717) is 25.2 Å². The van der Waals surface area contributed by atoms with Crippen molar-refractivity contribution in [3.05, 3.63) is 95.1 Å². The summed E-state index contributed by atoms with van der Waals surface area (Å²) >= 11 is 0. The molecule has 1 N–H and O–H groups in total. The van der Waals surface area contributed by atoms with E-state index in [9.17, 15) is 4.79 Å². The number of amides is 1. The van der Waals surface area contributed by atoms with E-state index in [-0.39, 0.29) is 5.91 Å². The molecule has 1 aliphatic rings. The van der Waals surface area contributed by atoms with Crippen LogP contribution in [-0.2, 0) is 25.8 Å². The number of pyridine rings is 1. The third-order valence-electron chi connectivity index (χ3n) is 6.45. The zero-order valence-electron chi connectivity index (χ0n) is 18.2. The van der Waals surface area contributed by atoms with Crippen molar-refractivity contribution in [1.82, 2.24) is 29.7 Å². The van der Waals surface area contributed by atoms with Gasteiger partial charge in [0, 0.05) is 24.5 Å². The summed E-state index contributed by atoms with van der Waals surface area (Å²) in [6, 6.07) is 20.3. The van der Waals surface area contributed by atoms with Crippen LogP contribution >= 0.6 is 0 Å². The van der Waals surface area contributed by atoms with E-state index in [2.05, 4.69) is 33.7 Å². The lowest BCUT2D eigenvalue weighted by molar-refractivity contribution is 0.0949. The molecule has 1 aliphatic carbocycles. The van der Waals surface area contributed by atoms with Gasteiger partial charge in [-0.25, -0.2) is 0 Å². The van der Waals surface area contributed by atoms with E-state index in [4.69, 9.17) is 5.10 Å². The maximum atomic E-state index is 13.1. The fourth-order valence-electron chi connectivity index (χ4n) is 4.86. The molecule has 0 saturated carbocycles. The van der Waals surface area contributed by atoms with Crippen molar-refractivity contribution in [1.29, 1.82) is 0 Å². The Morgan fingerprint density at radius 3 is 2.85 bits per heavy atom. The predicted molar refractivity (Wildman–Crippen MR) is 126 cm³/mol. The molecule has 7 nitrogen and oxygen atoms in total. The van der Waals surface area contributed by atoms with Crippen LogP contribution in [0.1, 0.15) is 39.4 Å². The molecule has 164 valence electrons. The Balaban J connectivity index is 1.23. The average molecular weight is 437 g/mol. The molecule has 0 radical (unpaired) electrons. The topological polar surface area (TPSA) is 77.1 Å². The lowest BCUT2D eigenvalue weighted by atomic mass is 10.0. The maximum Gasteiger partial charge on any atom is 0.272 e. The van der Waals surface area contributed by atoms with Gasteiger partial charge in [0.1, 0.15) is 5.82 Å². The molecule has 3 aromatic heterocycles. The first kappa shape index (κ1) is 19.7. The molecule has 2 aromatic carbocycles. The number of fused-ring (bicyclic) bond motifs is 3. The van der Waals surface area contributed by atoms with Crippen LogP contribution in [0, 0.1) is 0 Å². The maximum absolute atomic E-state index is 13.1. The van der Waals surface area contributed by atoms with Gasteiger partial charge in [0.05, 0.1) is 12.1 Å². The van der Waals surface area contributed by atoms with Gasteiger partial charge in [0.15, 0.2) is 11.3 Å². The summed E-state index contributed by atoms with van der Waals surface area (Å²) in [7, 11) is 0. The first-order valence-electron chi connectivity index (χ1n) is 11.4. The van der Waals surface area contributed by atoms with Crippen LogP contribution in [0.5, 0.6) is 0 Å². The quantitative estimate of drug-likeness (QED) is 0.441. The summed E-state index contributed by atoms with van der Waals surface area (Å²) in [5, 5.41) is 17.0. The van der Waals surface area contributed by atoms with Crippen molar-refractivity contribution in [2.45, 2.75) is 32.2 Å². The van der Waals surface area contributed by atoms with Crippen molar-refractivity contribution >= 4 is 22.5 Å². The van der Waals surface area contributed by atoms with Crippen LogP contribution in [0.15, 0.2) is 66.9 Å². The number of para-hydroxylation sites is 1. The lowest BCUT2D eigenvalue weighted by Crippen LogP contribution is -2.27. The Kier molecular flexibility index (Phi) is 4.87. The van der Waals surface area contributed by atoms with E-state index in [0.717, 1.165) is 35.2 Å². The minimum atomic E-state index is -0.169. The van der Waals surface area contributed by atoms with E-state index in [1.165, 1.54) is 23.1 Å². The molecular formula is C26H24N6O. The highest BCUT2D eigenvalue weighted by Crippen LogP contribution is 2.27. The number of nitrogens with one attached hydrogen (secondary N) is 1. The fraction of sp³-hybridized carbons (Fsp3) is 0.231. The standard InChI is InChI=1S/C26H24N6O/c33-26(27-15-14-24-29-28-23-13-3-4-16-31(23)24)25-21-10-1-2-12-22(21)32(30-25)17-19-9-5-7-18-8-6-11-20(18)19/h1-5,7,9-10,12-13,16H,6,8,11,14-15,17H2,(H,27,33). The van der Waals surface area contributed by atoms with Crippen molar-refractivity contribution < 1.29 is 4.79 Å². The molecule has 33 heavy (non-hydrogen) atoms. The summed E-state index contributed by atoms with van der Waals surface area (Å²) in [5.74, 6) is 0.649. The number of benzene rings is 2. The Labute approximate surface area is 191 Å². The van der Waals surface area contributed by atoms with E-state index >= 15 is 0 Å². The van der Waals surface area contributed by atoms with Gasteiger partial charge in [0.25, 0.3) is 5.91 Å². The number of rotatable bonds is 6. The second kappa shape index (κ2) is 8.16. The Morgan fingerprint density at radius 1 is 0.970 bits per heavy atom. The average Bonchev–Trinajstić information content (AvgIpc) is 3.57. The SMILES string of the molecule is O=C(NCCc1nnc2ccccn12)c1nn(Cc2cccc3c2CCC3)c2ccccc12. The van der Waals surface area contributed by atoms with Crippen LogP contribution in [0.2, 0.25) is 0 Å². The lowest BCUT2D eigenvalue weighted by Gasteiger charge is -2.09. The molecule has 0 atom stereocenters. The van der Waals surface area contributed by atoms with Gasteiger partial charge in [-0.3, -0.25) is 13.9 Å². The second-order valence-corrected chi connectivity index (χ2v) is 8.48. The summed E-state index contributed by atoms with van der Waals surface area (Å²) in [6.07, 6.45) is 6.00. The number of aromatic nitrogens is 5. The molecule has 0 saturated heterocycles. The van der Waals surface area contributed by atoms with E-state index < -0.39 is 0 Å². The molecule has 0 aliphatic heterocycles. The highest BCUT2D eigenvalue weighted by atomic mass is 16.1. The zero-order chi connectivity index (χ0) is 22.2. The number of aryl methyl sites for hydroxylation is 1. The molecule has 5 aromatic rings. The molecule has 6 rings (SSSR count). The van der Waals surface area contributed by atoms with Crippen LogP contribution in [0.25, 0.3) is 16.6 Å². The minimum Gasteiger partial charge on any atom is -0.350 e. The van der Waals surface area contributed by atoms with Crippen LogP contribution < -0.4 is 5.32 Å².